The summed E-state index contributed by atoms with van der Waals surface area (Å²) in [6.45, 7) is 1.23. The third-order valence-electron chi connectivity index (χ3n) is 5.04. The summed E-state index contributed by atoms with van der Waals surface area (Å²) in [6, 6.07) is 5.03. The number of hydrogen-bond acceptors (Lipinski definition) is 3. The van der Waals surface area contributed by atoms with E-state index in [-0.39, 0.29) is 18.1 Å². The van der Waals surface area contributed by atoms with Crippen LogP contribution in [-0.4, -0.2) is 38.0 Å². The van der Waals surface area contributed by atoms with Gasteiger partial charge >= 0.3 is 5.69 Å². The highest BCUT2D eigenvalue weighted by Gasteiger charge is 2.23. The Kier molecular flexibility index (Phi) is 4.44. The summed E-state index contributed by atoms with van der Waals surface area (Å²) in [5.74, 6) is -1.14. The molecule has 1 aliphatic rings. The van der Waals surface area contributed by atoms with Crippen LogP contribution in [0.15, 0.2) is 35.3 Å². The van der Waals surface area contributed by atoms with Crippen LogP contribution in [0, 0.1) is 5.82 Å². The molecule has 1 amide bonds. The second kappa shape index (κ2) is 6.81. The number of pyridine rings is 1. The smallest absolute Gasteiger partial charge is 0.330 e. The number of carbonyl (C=O) groups is 1. The first-order valence-electron chi connectivity index (χ1n) is 8.78. The first-order valence-corrected chi connectivity index (χ1v) is 8.78. The third kappa shape index (κ3) is 2.96. The van der Waals surface area contributed by atoms with Crippen molar-refractivity contribution in [3.63, 3.8) is 0 Å². The minimum absolute atomic E-state index is 0.118. The molecule has 0 bridgehead atoms. The predicted molar refractivity (Wildman–Crippen MR) is 96.5 cm³/mol. The highest BCUT2D eigenvalue weighted by Crippen LogP contribution is 2.29. The van der Waals surface area contributed by atoms with Crippen LogP contribution in [0.4, 0.5) is 13.2 Å². The number of amides is 1. The minimum Gasteiger partial charge on any atom is -0.341 e. The topological polar surface area (TPSA) is 60.1 Å². The van der Waals surface area contributed by atoms with Gasteiger partial charge in [-0.1, -0.05) is 6.07 Å². The summed E-state index contributed by atoms with van der Waals surface area (Å²) in [7, 11) is 1.55. The highest BCUT2D eigenvalue weighted by molar-refractivity contribution is 5.82. The third-order valence-corrected chi connectivity index (χ3v) is 5.04. The fourth-order valence-electron chi connectivity index (χ4n) is 3.28. The molecule has 0 N–H and O–H groups in total. The van der Waals surface area contributed by atoms with Crippen molar-refractivity contribution in [1.82, 2.24) is 19.0 Å². The van der Waals surface area contributed by atoms with Crippen molar-refractivity contribution in [3.8, 4) is 11.1 Å². The van der Waals surface area contributed by atoms with E-state index in [1.54, 1.807) is 18.0 Å². The van der Waals surface area contributed by atoms with Crippen LogP contribution < -0.4 is 5.69 Å². The molecular weight excluding hydrogens is 373 g/mol. The first kappa shape index (κ1) is 18.3. The molecule has 0 radical (unpaired) electrons. The number of imidazole rings is 1. The zero-order chi connectivity index (χ0) is 20.0. The van der Waals surface area contributed by atoms with E-state index < -0.39 is 17.8 Å². The van der Waals surface area contributed by atoms with E-state index >= 15 is 0 Å². The number of halogens is 3. The normalized spacial score (nSPS) is 14.0. The molecule has 4 rings (SSSR count). The first-order chi connectivity index (χ1) is 13.4. The summed E-state index contributed by atoms with van der Waals surface area (Å²) < 4.78 is 42.3. The van der Waals surface area contributed by atoms with Crippen molar-refractivity contribution in [1.29, 1.82) is 0 Å². The molecule has 9 heteroatoms. The van der Waals surface area contributed by atoms with Crippen LogP contribution in [0.25, 0.3) is 22.3 Å². The van der Waals surface area contributed by atoms with Gasteiger partial charge in [-0.05, 0) is 30.2 Å². The quantitative estimate of drug-likeness (QED) is 0.688. The highest BCUT2D eigenvalue weighted by atomic mass is 19.3. The number of alkyl halides is 2. The van der Waals surface area contributed by atoms with Crippen LogP contribution in [-0.2, 0) is 18.4 Å². The van der Waals surface area contributed by atoms with Crippen LogP contribution >= 0.6 is 0 Å². The van der Waals surface area contributed by atoms with Gasteiger partial charge in [0.25, 0.3) is 6.43 Å². The van der Waals surface area contributed by atoms with Gasteiger partial charge < -0.3 is 4.90 Å². The number of aryl methyl sites for hydroxylation is 1. The Morgan fingerprint density at radius 2 is 1.96 bits per heavy atom. The number of hydrogen-bond donors (Lipinski definition) is 0. The fourth-order valence-corrected chi connectivity index (χ4v) is 3.28. The monoisotopic (exact) mass is 390 g/mol. The summed E-state index contributed by atoms with van der Waals surface area (Å²) in [4.78, 5) is 30.8. The SMILES string of the molecule is Cn1c(=O)n(CC(=O)N2CCC2)c2cc(-c3ccc(F)c(C(F)F)c3)cnc21. The number of carbonyl (C=O) groups excluding carboxylic acids is 1. The van der Waals surface area contributed by atoms with Crippen molar-refractivity contribution >= 4 is 17.1 Å². The lowest BCUT2D eigenvalue weighted by Crippen LogP contribution is -2.44. The second-order valence-electron chi connectivity index (χ2n) is 6.77. The molecule has 1 saturated heterocycles. The number of likely N-dealkylation sites (tertiary alicyclic amines) is 1. The lowest BCUT2D eigenvalue weighted by atomic mass is 10.0. The molecule has 0 atom stereocenters. The van der Waals surface area contributed by atoms with Crippen LogP contribution in [0.3, 0.4) is 0 Å². The second-order valence-corrected chi connectivity index (χ2v) is 6.77. The van der Waals surface area contributed by atoms with Gasteiger partial charge in [0, 0.05) is 31.9 Å². The summed E-state index contributed by atoms with van der Waals surface area (Å²) in [5, 5.41) is 0. The maximum absolute atomic E-state index is 13.6. The zero-order valence-corrected chi connectivity index (χ0v) is 15.0. The molecule has 2 aromatic heterocycles. The van der Waals surface area contributed by atoms with Gasteiger partial charge in [0.05, 0.1) is 11.1 Å². The van der Waals surface area contributed by atoms with Gasteiger partial charge in [-0.15, -0.1) is 0 Å². The predicted octanol–water partition coefficient (Wildman–Crippen LogP) is 2.71. The maximum atomic E-state index is 13.6. The average Bonchev–Trinajstić information content (AvgIpc) is 2.85. The van der Waals surface area contributed by atoms with E-state index in [1.165, 1.54) is 21.4 Å². The van der Waals surface area contributed by atoms with Gasteiger partial charge in [-0.3, -0.25) is 13.9 Å². The molecule has 1 aromatic carbocycles. The molecule has 1 fully saturated rings. The number of nitrogens with zero attached hydrogens (tertiary/aromatic N) is 4. The molecule has 146 valence electrons. The lowest BCUT2D eigenvalue weighted by molar-refractivity contribution is -0.135. The van der Waals surface area contributed by atoms with Crippen molar-refractivity contribution in [3.05, 3.63) is 52.3 Å². The van der Waals surface area contributed by atoms with Crippen molar-refractivity contribution in [2.24, 2.45) is 7.05 Å². The largest absolute Gasteiger partial charge is 0.341 e. The Labute approximate surface area is 157 Å². The summed E-state index contributed by atoms with van der Waals surface area (Å²) in [5.41, 5.74) is 0.508. The van der Waals surface area contributed by atoms with Gasteiger partial charge in [0.15, 0.2) is 5.65 Å². The molecule has 28 heavy (non-hydrogen) atoms. The molecule has 6 nitrogen and oxygen atoms in total. The van der Waals surface area contributed by atoms with Gasteiger partial charge in [-0.25, -0.2) is 22.9 Å². The molecular formula is C19H17F3N4O2. The summed E-state index contributed by atoms with van der Waals surface area (Å²) >= 11 is 0. The van der Waals surface area contributed by atoms with Crippen LogP contribution in [0.5, 0.6) is 0 Å². The van der Waals surface area contributed by atoms with E-state index in [4.69, 9.17) is 0 Å². The van der Waals surface area contributed by atoms with Crippen LogP contribution in [0.2, 0.25) is 0 Å². The Morgan fingerprint density at radius 1 is 1.21 bits per heavy atom. The van der Waals surface area contributed by atoms with Crippen molar-refractivity contribution in [2.45, 2.75) is 19.4 Å². The Bertz CT molecular complexity index is 1130. The molecule has 3 aromatic rings. The standard InChI is InChI=1S/C19H17F3N4O2/c1-24-18-15(26(19(24)28)10-16(27)25-5-2-6-25)8-12(9-23-18)11-3-4-14(20)13(7-11)17(21)22/h3-4,7-9,17H,2,5-6,10H2,1H3. The number of fused-ring (bicyclic) bond motifs is 1. The minimum atomic E-state index is -2.94. The van der Waals surface area contributed by atoms with Gasteiger partial charge in [0.1, 0.15) is 12.4 Å². The van der Waals surface area contributed by atoms with Crippen molar-refractivity contribution < 1.29 is 18.0 Å². The van der Waals surface area contributed by atoms with Crippen LogP contribution in [0.1, 0.15) is 18.4 Å². The van der Waals surface area contributed by atoms with E-state index in [2.05, 4.69) is 4.98 Å². The van der Waals surface area contributed by atoms with E-state index in [0.717, 1.165) is 18.6 Å². The van der Waals surface area contributed by atoms with E-state index in [9.17, 15) is 22.8 Å². The van der Waals surface area contributed by atoms with E-state index in [1.807, 2.05) is 0 Å². The van der Waals surface area contributed by atoms with E-state index in [0.29, 0.717) is 35.4 Å². The van der Waals surface area contributed by atoms with Crippen molar-refractivity contribution in [2.75, 3.05) is 13.1 Å². The molecule has 3 heterocycles. The Morgan fingerprint density at radius 3 is 2.61 bits per heavy atom. The van der Waals surface area contributed by atoms with Gasteiger partial charge in [0.2, 0.25) is 5.91 Å². The molecule has 0 saturated carbocycles. The Balaban J connectivity index is 1.80. The summed E-state index contributed by atoms with van der Waals surface area (Å²) in [6.07, 6.45) is -0.564. The number of aromatic nitrogens is 3. The lowest BCUT2D eigenvalue weighted by Gasteiger charge is -2.30. The Hall–Kier alpha value is -3.10. The average molecular weight is 390 g/mol. The fraction of sp³-hybridized carbons (Fsp3) is 0.316. The molecule has 0 unspecified atom stereocenters. The molecule has 0 aliphatic carbocycles. The number of rotatable bonds is 4. The maximum Gasteiger partial charge on any atom is 0.330 e. The molecule has 0 spiro atoms. The number of benzene rings is 1. The zero-order valence-electron chi connectivity index (χ0n) is 15.0. The van der Waals surface area contributed by atoms with Gasteiger partial charge in [-0.2, -0.15) is 0 Å². The molecule has 1 aliphatic heterocycles.